The van der Waals surface area contributed by atoms with Crippen molar-refractivity contribution in [2.75, 3.05) is 0 Å². The Hall–Kier alpha value is -0.810. The molecule has 0 spiro atoms. The average Bonchev–Trinajstić information content (AvgIpc) is 2.52. The number of hydrogen-bond donors (Lipinski definition) is 1. The third-order valence-electron chi connectivity index (χ3n) is 1.68. The fourth-order valence-corrected chi connectivity index (χ4v) is 1.45. The Balaban J connectivity index is 2.53. The zero-order valence-electron chi connectivity index (χ0n) is 7.65. The van der Waals surface area contributed by atoms with Gasteiger partial charge in [0.05, 0.1) is 17.8 Å². The lowest BCUT2D eigenvalue weighted by Crippen LogP contribution is -2.30. The Morgan fingerprint density at radius 2 is 2.23 bits per heavy atom. The van der Waals surface area contributed by atoms with Crippen molar-refractivity contribution < 1.29 is 12.8 Å². The molecule has 0 bridgehead atoms. The van der Waals surface area contributed by atoms with Crippen molar-refractivity contribution in [1.82, 2.24) is 4.72 Å². The summed E-state index contributed by atoms with van der Waals surface area (Å²) >= 11 is 0. The van der Waals surface area contributed by atoms with Crippen LogP contribution >= 0.6 is 0 Å². The molecule has 1 heterocycles. The van der Waals surface area contributed by atoms with E-state index in [-0.39, 0.29) is 6.54 Å². The maximum Gasteiger partial charge on any atom is 0.214 e. The van der Waals surface area contributed by atoms with Crippen molar-refractivity contribution in [1.29, 1.82) is 0 Å². The minimum absolute atomic E-state index is 0.289. The third kappa shape index (κ3) is 2.86. The van der Waals surface area contributed by atoms with Crippen molar-refractivity contribution >= 4 is 10.0 Å². The van der Waals surface area contributed by atoms with Crippen LogP contribution in [0.2, 0.25) is 0 Å². The minimum Gasteiger partial charge on any atom is -0.472 e. The first-order valence-corrected chi connectivity index (χ1v) is 5.56. The van der Waals surface area contributed by atoms with Crippen molar-refractivity contribution in [3.8, 4) is 0 Å². The Bertz CT molecular complexity index is 339. The van der Waals surface area contributed by atoms with Crippen LogP contribution in [0.3, 0.4) is 0 Å². The number of sulfonamides is 1. The number of furan rings is 1. The van der Waals surface area contributed by atoms with E-state index in [2.05, 4.69) is 4.72 Å². The van der Waals surface area contributed by atoms with Crippen molar-refractivity contribution in [2.24, 2.45) is 0 Å². The van der Waals surface area contributed by atoms with Crippen LogP contribution in [-0.4, -0.2) is 13.7 Å². The predicted molar refractivity (Wildman–Crippen MR) is 49.6 cm³/mol. The Labute approximate surface area is 78.0 Å². The third-order valence-corrected chi connectivity index (χ3v) is 3.47. The van der Waals surface area contributed by atoms with Gasteiger partial charge in [0.1, 0.15) is 0 Å². The van der Waals surface area contributed by atoms with E-state index in [1.807, 2.05) is 0 Å². The fraction of sp³-hybridized carbons (Fsp3) is 0.500. The molecule has 0 saturated carbocycles. The molecule has 0 amide bonds. The van der Waals surface area contributed by atoms with E-state index in [1.54, 1.807) is 19.9 Å². The van der Waals surface area contributed by atoms with Gasteiger partial charge in [-0.2, -0.15) is 0 Å². The van der Waals surface area contributed by atoms with E-state index in [4.69, 9.17) is 4.42 Å². The highest BCUT2D eigenvalue weighted by molar-refractivity contribution is 7.90. The second-order valence-corrected chi connectivity index (χ2v) is 5.37. The zero-order valence-corrected chi connectivity index (χ0v) is 8.47. The molecule has 1 N–H and O–H groups in total. The second-order valence-electron chi connectivity index (χ2n) is 3.05. The van der Waals surface area contributed by atoms with Crippen molar-refractivity contribution in [3.05, 3.63) is 24.2 Å². The maximum atomic E-state index is 11.3. The molecule has 0 saturated heterocycles. The highest BCUT2D eigenvalue weighted by Gasteiger charge is 2.14. The molecule has 74 valence electrons. The summed E-state index contributed by atoms with van der Waals surface area (Å²) in [7, 11) is -3.17. The molecule has 0 fully saturated rings. The second kappa shape index (κ2) is 3.93. The Morgan fingerprint density at radius 1 is 1.54 bits per heavy atom. The molecular weight excluding hydrogens is 190 g/mol. The number of nitrogens with one attached hydrogen (secondary N) is 1. The van der Waals surface area contributed by atoms with E-state index in [0.717, 1.165) is 5.56 Å². The fourth-order valence-electron chi connectivity index (χ4n) is 0.744. The predicted octanol–water partition coefficient (Wildman–Crippen LogP) is 1.11. The van der Waals surface area contributed by atoms with Gasteiger partial charge in [-0.3, -0.25) is 0 Å². The van der Waals surface area contributed by atoms with Gasteiger partial charge in [0.25, 0.3) is 0 Å². The van der Waals surface area contributed by atoms with Crippen LogP contribution in [0.4, 0.5) is 0 Å². The van der Waals surface area contributed by atoms with Gasteiger partial charge in [-0.05, 0) is 19.9 Å². The Kier molecular flexibility index (Phi) is 3.11. The van der Waals surface area contributed by atoms with E-state index in [9.17, 15) is 8.42 Å². The first-order chi connectivity index (χ1) is 6.02. The summed E-state index contributed by atoms with van der Waals surface area (Å²) < 4.78 is 29.8. The summed E-state index contributed by atoms with van der Waals surface area (Å²) in [6.07, 6.45) is 3.03. The molecule has 0 atom stereocenters. The average molecular weight is 203 g/mol. The summed E-state index contributed by atoms with van der Waals surface area (Å²) in [4.78, 5) is 0. The standard InChI is InChI=1S/C8H13NO3S/c1-7(2)13(10,11)9-5-8-3-4-12-6-8/h3-4,6-7,9H,5H2,1-2H3. The maximum absolute atomic E-state index is 11.3. The number of hydrogen-bond acceptors (Lipinski definition) is 3. The topological polar surface area (TPSA) is 59.3 Å². The van der Waals surface area contributed by atoms with Crippen LogP contribution in [0.15, 0.2) is 23.0 Å². The van der Waals surface area contributed by atoms with E-state index >= 15 is 0 Å². The highest BCUT2D eigenvalue weighted by atomic mass is 32.2. The van der Waals surface area contributed by atoms with Crippen LogP contribution in [0.25, 0.3) is 0 Å². The van der Waals surface area contributed by atoms with Crippen LogP contribution in [0, 0.1) is 0 Å². The van der Waals surface area contributed by atoms with Gasteiger partial charge in [-0.15, -0.1) is 0 Å². The molecule has 0 aromatic carbocycles. The van der Waals surface area contributed by atoms with Gasteiger partial charge >= 0.3 is 0 Å². The summed E-state index contributed by atoms with van der Waals surface area (Å²) in [6, 6.07) is 1.73. The lowest BCUT2D eigenvalue weighted by molar-refractivity contribution is 0.559. The van der Waals surface area contributed by atoms with E-state index in [0.29, 0.717) is 0 Å². The summed E-state index contributed by atoms with van der Waals surface area (Å²) in [6.45, 7) is 3.56. The van der Waals surface area contributed by atoms with Gasteiger partial charge in [0, 0.05) is 12.1 Å². The summed E-state index contributed by atoms with van der Waals surface area (Å²) in [5.74, 6) is 0. The van der Waals surface area contributed by atoms with Crippen LogP contribution < -0.4 is 4.72 Å². The van der Waals surface area contributed by atoms with Gasteiger partial charge in [-0.25, -0.2) is 13.1 Å². The lowest BCUT2D eigenvalue weighted by atomic mass is 10.4. The smallest absolute Gasteiger partial charge is 0.214 e. The summed E-state index contributed by atoms with van der Waals surface area (Å²) in [5.41, 5.74) is 0.823. The van der Waals surface area contributed by atoms with Gasteiger partial charge in [0.15, 0.2) is 0 Å². The monoisotopic (exact) mass is 203 g/mol. The van der Waals surface area contributed by atoms with Crippen LogP contribution in [-0.2, 0) is 16.6 Å². The molecule has 1 rings (SSSR count). The largest absolute Gasteiger partial charge is 0.472 e. The molecule has 0 aliphatic heterocycles. The molecule has 0 radical (unpaired) electrons. The molecule has 4 nitrogen and oxygen atoms in total. The van der Waals surface area contributed by atoms with Gasteiger partial charge < -0.3 is 4.42 Å². The van der Waals surface area contributed by atoms with Crippen LogP contribution in [0.5, 0.6) is 0 Å². The number of rotatable bonds is 4. The zero-order chi connectivity index (χ0) is 9.90. The molecule has 5 heteroatoms. The lowest BCUT2D eigenvalue weighted by Gasteiger charge is -2.07. The molecule has 1 aromatic heterocycles. The van der Waals surface area contributed by atoms with E-state index in [1.165, 1.54) is 12.5 Å². The molecule has 1 aromatic rings. The van der Waals surface area contributed by atoms with Gasteiger partial charge in [-0.1, -0.05) is 0 Å². The first-order valence-electron chi connectivity index (χ1n) is 4.02. The van der Waals surface area contributed by atoms with E-state index < -0.39 is 15.3 Å². The van der Waals surface area contributed by atoms with Crippen LogP contribution in [0.1, 0.15) is 19.4 Å². The SMILES string of the molecule is CC(C)S(=O)(=O)NCc1ccoc1. The Morgan fingerprint density at radius 3 is 2.69 bits per heavy atom. The molecule has 0 aliphatic carbocycles. The first kappa shape index (κ1) is 10.3. The quantitative estimate of drug-likeness (QED) is 0.797. The minimum atomic E-state index is -3.17. The molecule has 0 aliphatic rings. The molecule has 13 heavy (non-hydrogen) atoms. The van der Waals surface area contributed by atoms with Crippen molar-refractivity contribution in [2.45, 2.75) is 25.6 Å². The molecular formula is C8H13NO3S. The van der Waals surface area contributed by atoms with Crippen molar-refractivity contribution in [3.63, 3.8) is 0 Å². The molecule has 0 unspecified atom stereocenters. The summed E-state index contributed by atoms with van der Waals surface area (Å²) in [5, 5.41) is -0.403. The highest BCUT2D eigenvalue weighted by Crippen LogP contribution is 2.02. The van der Waals surface area contributed by atoms with Gasteiger partial charge in [0.2, 0.25) is 10.0 Å². The normalized spacial score (nSPS) is 12.2.